The Morgan fingerprint density at radius 3 is 2.58 bits per heavy atom. The Labute approximate surface area is 209 Å². The van der Waals surface area contributed by atoms with E-state index in [0.29, 0.717) is 21.6 Å². The van der Waals surface area contributed by atoms with Crippen LogP contribution >= 0.6 is 11.6 Å². The monoisotopic (exact) mass is 494 g/mol. The summed E-state index contributed by atoms with van der Waals surface area (Å²) in [5.41, 5.74) is 3.83. The van der Waals surface area contributed by atoms with Crippen molar-refractivity contribution >= 4 is 33.3 Å². The van der Waals surface area contributed by atoms with Gasteiger partial charge in [0.1, 0.15) is 0 Å². The second-order valence-electron chi connectivity index (χ2n) is 8.52. The first kappa shape index (κ1) is 21.9. The molecule has 3 aromatic carbocycles. The van der Waals surface area contributed by atoms with Crippen molar-refractivity contribution in [3.05, 3.63) is 105 Å². The van der Waals surface area contributed by atoms with E-state index in [1.165, 1.54) is 6.20 Å². The van der Waals surface area contributed by atoms with Gasteiger partial charge in [0.2, 0.25) is 0 Å². The van der Waals surface area contributed by atoms with Gasteiger partial charge in [-0.3, -0.25) is 9.78 Å². The van der Waals surface area contributed by atoms with Crippen LogP contribution in [0.3, 0.4) is 0 Å². The molecule has 0 saturated carbocycles. The molecule has 6 rings (SSSR count). The van der Waals surface area contributed by atoms with E-state index < -0.39 is 11.2 Å². The topological polar surface area (TPSA) is 98.5 Å². The summed E-state index contributed by atoms with van der Waals surface area (Å²) < 4.78 is 2.83. The van der Waals surface area contributed by atoms with Gasteiger partial charge in [-0.05, 0) is 30.7 Å². The number of H-pyrrole nitrogens is 1. The number of aromatic nitrogens is 6. The first-order valence-corrected chi connectivity index (χ1v) is 11.6. The zero-order valence-electron chi connectivity index (χ0n) is 19.4. The highest BCUT2D eigenvalue weighted by Gasteiger charge is 2.19. The lowest BCUT2D eigenvalue weighted by Gasteiger charge is -2.14. The van der Waals surface area contributed by atoms with Crippen molar-refractivity contribution in [1.29, 1.82) is 0 Å². The Bertz CT molecular complexity index is 1910. The van der Waals surface area contributed by atoms with Crippen LogP contribution < -0.4 is 11.2 Å². The van der Waals surface area contributed by atoms with E-state index in [1.54, 1.807) is 29.1 Å². The predicted octanol–water partition coefficient (Wildman–Crippen LogP) is 4.65. The fraction of sp³-hybridized carbons (Fsp3) is 0.0741. The SMILES string of the molecule is Cc1nnn(C)c1-c1cccc(Cl)c1-c1ccc2c(=O)n(-c3cncc4ccccc34)c(=O)[nH]c2c1. The number of nitrogens with zero attached hydrogens (tertiary/aromatic N) is 5. The first-order valence-electron chi connectivity index (χ1n) is 11.2. The van der Waals surface area contributed by atoms with Crippen molar-refractivity contribution in [3.8, 4) is 28.1 Å². The van der Waals surface area contributed by atoms with Gasteiger partial charge in [-0.25, -0.2) is 14.0 Å². The maximum absolute atomic E-state index is 13.5. The molecule has 0 unspecified atom stereocenters. The van der Waals surface area contributed by atoms with Crippen LogP contribution in [0.25, 0.3) is 49.7 Å². The molecule has 6 aromatic rings. The number of rotatable bonds is 3. The van der Waals surface area contributed by atoms with Crippen LogP contribution in [-0.2, 0) is 7.05 Å². The number of aromatic amines is 1. The third-order valence-electron chi connectivity index (χ3n) is 6.34. The Balaban J connectivity index is 1.58. The molecule has 8 nitrogen and oxygen atoms in total. The molecule has 9 heteroatoms. The number of aryl methyl sites for hydroxylation is 2. The van der Waals surface area contributed by atoms with E-state index in [0.717, 1.165) is 43.4 Å². The second kappa shape index (κ2) is 8.28. The highest BCUT2D eigenvalue weighted by molar-refractivity contribution is 6.34. The number of nitrogens with one attached hydrogen (secondary N) is 1. The molecule has 0 aliphatic carbocycles. The van der Waals surface area contributed by atoms with Gasteiger partial charge in [-0.1, -0.05) is 59.3 Å². The molecule has 0 aliphatic rings. The molecule has 1 N–H and O–H groups in total. The van der Waals surface area contributed by atoms with Gasteiger partial charge in [0.05, 0.1) is 34.2 Å². The van der Waals surface area contributed by atoms with Gasteiger partial charge in [0.25, 0.3) is 5.56 Å². The van der Waals surface area contributed by atoms with Crippen molar-refractivity contribution in [2.24, 2.45) is 7.05 Å². The predicted molar refractivity (Wildman–Crippen MR) is 141 cm³/mol. The lowest BCUT2D eigenvalue weighted by atomic mass is 9.96. The fourth-order valence-corrected chi connectivity index (χ4v) is 5.00. The van der Waals surface area contributed by atoms with Crippen molar-refractivity contribution in [2.45, 2.75) is 6.92 Å². The summed E-state index contributed by atoms with van der Waals surface area (Å²) in [6, 6.07) is 18.4. The van der Waals surface area contributed by atoms with Crippen molar-refractivity contribution in [2.75, 3.05) is 0 Å². The van der Waals surface area contributed by atoms with E-state index in [4.69, 9.17) is 11.6 Å². The number of benzene rings is 3. The quantitative estimate of drug-likeness (QED) is 0.386. The lowest BCUT2D eigenvalue weighted by molar-refractivity contribution is 0.719. The minimum atomic E-state index is -0.547. The minimum absolute atomic E-state index is 0.373. The molecule has 0 spiro atoms. The van der Waals surface area contributed by atoms with E-state index >= 15 is 0 Å². The van der Waals surface area contributed by atoms with Crippen LogP contribution in [0.2, 0.25) is 5.02 Å². The van der Waals surface area contributed by atoms with Crippen LogP contribution in [0.1, 0.15) is 5.69 Å². The molecule has 0 aliphatic heterocycles. The van der Waals surface area contributed by atoms with E-state index in [9.17, 15) is 9.59 Å². The highest BCUT2D eigenvalue weighted by Crippen LogP contribution is 2.38. The van der Waals surface area contributed by atoms with Crippen molar-refractivity contribution < 1.29 is 0 Å². The molecule has 0 fully saturated rings. The number of pyridine rings is 1. The summed E-state index contributed by atoms with van der Waals surface area (Å²) >= 11 is 6.67. The standard InChI is InChI=1S/C27H19ClN6O2/c1-15-25(33(2)32-31-15)20-8-5-9-21(28)24(20)16-10-11-19-22(12-16)30-27(36)34(26(19)35)23-14-29-13-17-6-3-4-7-18(17)23/h3-14H,1-2H3,(H,30,36). The number of hydrogen-bond acceptors (Lipinski definition) is 5. The summed E-state index contributed by atoms with van der Waals surface area (Å²) in [6.45, 7) is 1.88. The molecule has 0 amide bonds. The lowest BCUT2D eigenvalue weighted by Crippen LogP contribution is -2.33. The Morgan fingerprint density at radius 2 is 1.78 bits per heavy atom. The van der Waals surface area contributed by atoms with Gasteiger partial charge in [0.15, 0.2) is 0 Å². The average Bonchev–Trinajstić information content (AvgIpc) is 3.21. The zero-order valence-corrected chi connectivity index (χ0v) is 20.1. The summed E-state index contributed by atoms with van der Waals surface area (Å²) in [7, 11) is 1.82. The molecule has 0 bridgehead atoms. The molecular formula is C27H19ClN6O2. The molecule has 3 heterocycles. The number of halogens is 1. The summed E-state index contributed by atoms with van der Waals surface area (Å²) in [5.74, 6) is 0. The molecular weight excluding hydrogens is 476 g/mol. The van der Waals surface area contributed by atoms with Crippen molar-refractivity contribution in [3.63, 3.8) is 0 Å². The molecule has 0 saturated heterocycles. The normalized spacial score (nSPS) is 11.4. The smallest absolute Gasteiger partial charge is 0.306 e. The van der Waals surface area contributed by atoms with E-state index in [1.807, 2.05) is 56.4 Å². The van der Waals surface area contributed by atoms with E-state index in [2.05, 4.69) is 20.3 Å². The minimum Gasteiger partial charge on any atom is -0.306 e. The summed E-state index contributed by atoms with van der Waals surface area (Å²) in [6.07, 6.45) is 3.23. The molecule has 3 aromatic heterocycles. The highest BCUT2D eigenvalue weighted by atomic mass is 35.5. The summed E-state index contributed by atoms with van der Waals surface area (Å²) in [4.78, 5) is 33.8. The summed E-state index contributed by atoms with van der Waals surface area (Å²) in [5, 5.41) is 10.8. The van der Waals surface area contributed by atoms with E-state index in [-0.39, 0.29) is 0 Å². The Kier molecular flexibility index (Phi) is 5.05. The van der Waals surface area contributed by atoms with Crippen LogP contribution in [-0.4, -0.2) is 29.5 Å². The largest absolute Gasteiger partial charge is 0.333 e. The van der Waals surface area contributed by atoms with Crippen LogP contribution in [0, 0.1) is 6.92 Å². The third kappa shape index (κ3) is 3.34. The molecule has 36 heavy (non-hydrogen) atoms. The number of hydrogen-bond donors (Lipinski definition) is 1. The van der Waals surface area contributed by atoms with Gasteiger partial charge in [-0.2, -0.15) is 0 Å². The maximum atomic E-state index is 13.5. The Morgan fingerprint density at radius 1 is 0.944 bits per heavy atom. The van der Waals surface area contributed by atoms with Gasteiger partial charge < -0.3 is 4.98 Å². The maximum Gasteiger partial charge on any atom is 0.333 e. The van der Waals surface area contributed by atoms with Gasteiger partial charge >= 0.3 is 5.69 Å². The molecule has 176 valence electrons. The molecule has 0 radical (unpaired) electrons. The average molecular weight is 495 g/mol. The molecule has 0 atom stereocenters. The van der Waals surface area contributed by atoms with Crippen LogP contribution in [0.5, 0.6) is 0 Å². The second-order valence-corrected chi connectivity index (χ2v) is 8.93. The zero-order chi connectivity index (χ0) is 25.0. The fourth-order valence-electron chi connectivity index (χ4n) is 4.72. The van der Waals surface area contributed by atoms with Crippen LogP contribution in [0.15, 0.2) is 82.6 Å². The Hall–Kier alpha value is -4.56. The van der Waals surface area contributed by atoms with Gasteiger partial charge in [0, 0.05) is 40.2 Å². The van der Waals surface area contributed by atoms with Crippen molar-refractivity contribution in [1.82, 2.24) is 29.5 Å². The van der Waals surface area contributed by atoms with Gasteiger partial charge in [-0.15, -0.1) is 5.10 Å². The number of fused-ring (bicyclic) bond motifs is 2. The third-order valence-corrected chi connectivity index (χ3v) is 6.65. The van der Waals surface area contributed by atoms with Crippen LogP contribution in [0.4, 0.5) is 0 Å². The first-order chi connectivity index (χ1) is 17.4.